The van der Waals surface area contributed by atoms with Crippen LogP contribution < -0.4 is 5.32 Å². The van der Waals surface area contributed by atoms with Crippen molar-refractivity contribution in [3.8, 4) is 11.3 Å². The average Bonchev–Trinajstić information content (AvgIpc) is 2.89. The van der Waals surface area contributed by atoms with Crippen LogP contribution in [0.2, 0.25) is 10.0 Å². The van der Waals surface area contributed by atoms with E-state index in [1.165, 1.54) is 11.3 Å². The van der Waals surface area contributed by atoms with Crippen molar-refractivity contribution < 1.29 is 4.79 Å². The summed E-state index contributed by atoms with van der Waals surface area (Å²) in [5.74, 6) is -0.271. The number of amides is 1. The molecule has 0 saturated carbocycles. The van der Waals surface area contributed by atoms with E-state index in [1.807, 2.05) is 31.2 Å². The third kappa shape index (κ3) is 3.55. The molecule has 0 atom stereocenters. The van der Waals surface area contributed by atoms with E-state index in [4.69, 9.17) is 23.2 Å². The van der Waals surface area contributed by atoms with Gasteiger partial charge < -0.3 is 0 Å². The molecule has 0 spiro atoms. The zero-order chi connectivity index (χ0) is 16.4. The van der Waals surface area contributed by atoms with Crippen LogP contribution in [0.15, 0.2) is 48.5 Å². The lowest BCUT2D eigenvalue weighted by Crippen LogP contribution is -2.12. The number of halogens is 2. The summed E-state index contributed by atoms with van der Waals surface area (Å²) in [6.07, 6.45) is 0. The summed E-state index contributed by atoms with van der Waals surface area (Å²) in [5.41, 5.74) is 2.22. The Bertz CT molecular complexity index is 859. The van der Waals surface area contributed by atoms with Crippen LogP contribution in [0.4, 0.5) is 5.13 Å². The first kappa shape index (κ1) is 16.0. The maximum absolute atomic E-state index is 12.3. The van der Waals surface area contributed by atoms with Crippen LogP contribution in [0, 0.1) is 6.92 Å². The molecule has 0 radical (unpaired) electrons. The molecule has 3 rings (SSSR count). The van der Waals surface area contributed by atoms with Gasteiger partial charge in [-0.2, -0.15) is 0 Å². The third-order valence-corrected chi connectivity index (χ3v) is 4.72. The summed E-state index contributed by atoms with van der Waals surface area (Å²) in [4.78, 5) is 17.8. The highest BCUT2D eigenvalue weighted by molar-refractivity contribution is 7.16. The topological polar surface area (TPSA) is 42.0 Å². The van der Waals surface area contributed by atoms with Crippen molar-refractivity contribution >= 4 is 45.6 Å². The lowest BCUT2D eigenvalue weighted by atomic mass is 10.1. The van der Waals surface area contributed by atoms with Crippen LogP contribution in [0.1, 0.15) is 15.2 Å². The molecule has 0 fully saturated rings. The molecule has 1 heterocycles. The van der Waals surface area contributed by atoms with E-state index in [1.54, 1.807) is 24.3 Å². The Morgan fingerprint density at radius 1 is 1.09 bits per heavy atom. The largest absolute Gasteiger partial charge is 0.298 e. The van der Waals surface area contributed by atoms with Gasteiger partial charge in [-0.3, -0.25) is 10.1 Å². The average molecular weight is 363 g/mol. The first-order valence-corrected chi connectivity index (χ1v) is 8.41. The molecule has 116 valence electrons. The van der Waals surface area contributed by atoms with Gasteiger partial charge in [-0.05, 0) is 31.2 Å². The minimum atomic E-state index is -0.271. The van der Waals surface area contributed by atoms with Crippen molar-refractivity contribution in [2.24, 2.45) is 0 Å². The van der Waals surface area contributed by atoms with Gasteiger partial charge in [0, 0.05) is 15.5 Å². The van der Waals surface area contributed by atoms with Crippen LogP contribution in [0.5, 0.6) is 0 Å². The molecule has 1 amide bonds. The zero-order valence-corrected chi connectivity index (χ0v) is 14.5. The number of hydrogen-bond acceptors (Lipinski definition) is 3. The Morgan fingerprint density at radius 2 is 1.78 bits per heavy atom. The van der Waals surface area contributed by atoms with Crippen LogP contribution in [-0.4, -0.2) is 10.9 Å². The van der Waals surface area contributed by atoms with Gasteiger partial charge in [0.15, 0.2) is 5.13 Å². The van der Waals surface area contributed by atoms with Gasteiger partial charge in [0.2, 0.25) is 0 Å². The predicted octanol–water partition coefficient (Wildman–Crippen LogP) is 5.68. The lowest BCUT2D eigenvalue weighted by Gasteiger charge is -2.03. The molecule has 1 N–H and O–H groups in total. The second-order valence-electron chi connectivity index (χ2n) is 4.86. The molecule has 2 aromatic carbocycles. The van der Waals surface area contributed by atoms with Crippen LogP contribution in [-0.2, 0) is 0 Å². The highest BCUT2D eigenvalue weighted by atomic mass is 35.5. The normalized spacial score (nSPS) is 10.6. The summed E-state index contributed by atoms with van der Waals surface area (Å²) in [5, 5.41) is 4.43. The summed E-state index contributed by atoms with van der Waals surface area (Å²) < 4.78 is 0. The molecular weight excluding hydrogens is 351 g/mol. The third-order valence-electron chi connectivity index (χ3n) is 3.25. The number of thiazole rings is 1. The number of benzene rings is 2. The van der Waals surface area contributed by atoms with Gasteiger partial charge in [0.05, 0.1) is 16.3 Å². The van der Waals surface area contributed by atoms with E-state index in [-0.39, 0.29) is 5.91 Å². The van der Waals surface area contributed by atoms with Crippen molar-refractivity contribution in [3.05, 3.63) is 69.0 Å². The van der Waals surface area contributed by atoms with Gasteiger partial charge in [0.1, 0.15) is 0 Å². The fraction of sp³-hybridized carbons (Fsp3) is 0.0588. The Hall–Kier alpha value is -1.88. The van der Waals surface area contributed by atoms with Crippen molar-refractivity contribution in [1.29, 1.82) is 0 Å². The first-order chi connectivity index (χ1) is 11.0. The highest BCUT2D eigenvalue weighted by Gasteiger charge is 2.14. The number of aromatic nitrogens is 1. The molecule has 23 heavy (non-hydrogen) atoms. The molecule has 0 saturated heterocycles. The Morgan fingerprint density at radius 3 is 2.48 bits per heavy atom. The van der Waals surface area contributed by atoms with Gasteiger partial charge in [-0.1, -0.05) is 47.5 Å². The number of rotatable bonds is 3. The number of carbonyl (C=O) groups is 1. The molecule has 0 aliphatic heterocycles. The van der Waals surface area contributed by atoms with Gasteiger partial charge in [0.25, 0.3) is 5.91 Å². The molecule has 1 aromatic heterocycles. The summed E-state index contributed by atoms with van der Waals surface area (Å²) >= 11 is 13.4. The summed E-state index contributed by atoms with van der Waals surface area (Å²) in [7, 11) is 0. The van der Waals surface area contributed by atoms with E-state index in [0.29, 0.717) is 20.7 Å². The lowest BCUT2D eigenvalue weighted by molar-refractivity contribution is 0.102. The smallest absolute Gasteiger partial charge is 0.258 e. The molecule has 0 aliphatic carbocycles. The monoisotopic (exact) mass is 362 g/mol. The number of carbonyl (C=O) groups excluding carboxylic acids is 1. The SMILES string of the molecule is Cc1sc(NC(=O)c2ccccc2Cl)nc1-c1ccc(Cl)cc1. The maximum atomic E-state index is 12.3. The Kier molecular flexibility index (Phi) is 4.66. The molecule has 6 heteroatoms. The van der Waals surface area contributed by atoms with Gasteiger partial charge >= 0.3 is 0 Å². The van der Waals surface area contributed by atoms with Crippen LogP contribution >= 0.6 is 34.5 Å². The van der Waals surface area contributed by atoms with E-state index >= 15 is 0 Å². The minimum absolute atomic E-state index is 0.271. The van der Waals surface area contributed by atoms with E-state index in [0.717, 1.165) is 16.1 Å². The minimum Gasteiger partial charge on any atom is -0.298 e. The highest BCUT2D eigenvalue weighted by Crippen LogP contribution is 2.31. The first-order valence-electron chi connectivity index (χ1n) is 6.84. The second kappa shape index (κ2) is 6.71. The number of hydrogen-bond donors (Lipinski definition) is 1. The molecule has 3 aromatic rings. The van der Waals surface area contributed by atoms with Crippen molar-refractivity contribution in [2.75, 3.05) is 5.32 Å². The molecule has 0 bridgehead atoms. The maximum Gasteiger partial charge on any atom is 0.258 e. The number of anilines is 1. The number of aryl methyl sites for hydroxylation is 1. The molecular formula is C17H12Cl2N2OS. The number of nitrogens with zero attached hydrogens (tertiary/aromatic N) is 1. The molecule has 3 nitrogen and oxygen atoms in total. The zero-order valence-electron chi connectivity index (χ0n) is 12.1. The predicted molar refractivity (Wildman–Crippen MR) is 96.7 cm³/mol. The van der Waals surface area contributed by atoms with Crippen LogP contribution in [0.3, 0.4) is 0 Å². The van der Waals surface area contributed by atoms with Crippen molar-refractivity contribution in [2.45, 2.75) is 6.92 Å². The second-order valence-corrected chi connectivity index (χ2v) is 6.91. The van der Waals surface area contributed by atoms with Gasteiger partial charge in [-0.25, -0.2) is 4.98 Å². The fourth-order valence-corrected chi connectivity index (χ4v) is 3.31. The van der Waals surface area contributed by atoms with Gasteiger partial charge in [-0.15, -0.1) is 11.3 Å². The number of nitrogens with one attached hydrogen (secondary N) is 1. The molecule has 0 aliphatic rings. The summed E-state index contributed by atoms with van der Waals surface area (Å²) in [6.45, 7) is 1.97. The van der Waals surface area contributed by atoms with Crippen molar-refractivity contribution in [3.63, 3.8) is 0 Å². The van der Waals surface area contributed by atoms with E-state index in [2.05, 4.69) is 10.3 Å². The van der Waals surface area contributed by atoms with Crippen LogP contribution in [0.25, 0.3) is 11.3 Å². The quantitative estimate of drug-likeness (QED) is 0.651. The Balaban J connectivity index is 1.85. The van der Waals surface area contributed by atoms with E-state index < -0.39 is 0 Å². The van der Waals surface area contributed by atoms with Crippen molar-refractivity contribution in [1.82, 2.24) is 4.98 Å². The summed E-state index contributed by atoms with van der Waals surface area (Å²) in [6, 6.07) is 14.4. The fourth-order valence-electron chi connectivity index (χ4n) is 2.14. The Labute approximate surface area is 147 Å². The molecule has 0 unspecified atom stereocenters. The van der Waals surface area contributed by atoms with E-state index in [9.17, 15) is 4.79 Å². The standard InChI is InChI=1S/C17H12Cl2N2OS/c1-10-15(11-6-8-12(18)9-7-11)20-17(23-10)21-16(22)13-4-2-3-5-14(13)19/h2-9H,1H3,(H,20,21,22).